The molecule has 1 N–H and O–H groups in total. The lowest BCUT2D eigenvalue weighted by atomic mass is 10.0. The SMILES string of the molecule is COc1ccc2c(c1)-c1c(C(=O)O)csc1C2. The average Bonchev–Trinajstić information content (AvgIpc) is 2.86. The van der Waals surface area contributed by atoms with E-state index in [2.05, 4.69) is 0 Å². The topological polar surface area (TPSA) is 46.5 Å². The maximum absolute atomic E-state index is 11.2. The summed E-state index contributed by atoms with van der Waals surface area (Å²) in [6.07, 6.45) is 0.826. The number of hydrogen-bond acceptors (Lipinski definition) is 3. The number of rotatable bonds is 2. The summed E-state index contributed by atoms with van der Waals surface area (Å²) in [6, 6.07) is 5.84. The lowest BCUT2D eigenvalue weighted by Crippen LogP contribution is -1.95. The van der Waals surface area contributed by atoms with Gasteiger partial charge in [-0.15, -0.1) is 11.3 Å². The summed E-state index contributed by atoms with van der Waals surface area (Å²) >= 11 is 1.52. The maximum Gasteiger partial charge on any atom is 0.337 e. The molecule has 1 heterocycles. The highest BCUT2D eigenvalue weighted by Crippen LogP contribution is 2.43. The van der Waals surface area contributed by atoms with Crippen LogP contribution in [0, 0.1) is 0 Å². The van der Waals surface area contributed by atoms with E-state index in [0.717, 1.165) is 28.2 Å². The van der Waals surface area contributed by atoms with Gasteiger partial charge in [0.15, 0.2) is 0 Å². The second-order valence-corrected chi connectivity index (χ2v) is 4.92. The first-order chi connectivity index (χ1) is 8.20. The molecule has 0 unspecified atom stereocenters. The first-order valence-corrected chi connectivity index (χ1v) is 6.09. The zero-order valence-corrected chi connectivity index (χ0v) is 10.0. The first kappa shape index (κ1) is 10.4. The molecule has 86 valence electrons. The van der Waals surface area contributed by atoms with Gasteiger partial charge in [-0.25, -0.2) is 4.79 Å². The molecule has 1 aliphatic carbocycles. The highest BCUT2D eigenvalue weighted by atomic mass is 32.1. The number of hydrogen-bond donors (Lipinski definition) is 1. The minimum absolute atomic E-state index is 0.400. The molecular formula is C13H10O3S. The Morgan fingerprint density at radius 3 is 3.00 bits per heavy atom. The van der Waals surface area contributed by atoms with Crippen molar-refractivity contribution in [2.24, 2.45) is 0 Å². The standard InChI is InChI=1S/C13H10O3S/c1-16-8-3-2-7-4-11-12(9(7)5-8)10(6-17-11)13(14)15/h2-3,5-6H,4H2,1H3,(H,14,15). The van der Waals surface area contributed by atoms with Gasteiger partial charge in [-0.1, -0.05) is 6.07 Å². The van der Waals surface area contributed by atoms with E-state index in [1.165, 1.54) is 16.9 Å². The van der Waals surface area contributed by atoms with E-state index < -0.39 is 5.97 Å². The van der Waals surface area contributed by atoms with E-state index in [0.29, 0.717) is 5.56 Å². The van der Waals surface area contributed by atoms with E-state index >= 15 is 0 Å². The Bertz CT molecular complexity index is 613. The van der Waals surface area contributed by atoms with Gasteiger partial charge in [-0.2, -0.15) is 0 Å². The van der Waals surface area contributed by atoms with Gasteiger partial charge < -0.3 is 9.84 Å². The van der Waals surface area contributed by atoms with Gasteiger partial charge in [-0.05, 0) is 23.3 Å². The normalized spacial score (nSPS) is 12.1. The highest BCUT2D eigenvalue weighted by molar-refractivity contribution is 7.11. The molecule has 0 saturated heterocycles. The zero-order valence-electron chi connectivity index (χ0n) is 9.19. The quantitative estimate of drug-likeness (QED) is 0.756. The molecule has 1 aromatic heterocycles. The molecule has 0 radical (unpaired) electrons. The Morgan fingerprint density at radius 2 is 2.29 bits per heavy atom. The molecule has 17 heavy (non-hydrogen) atoms. The monoisotopic (exact) mass is 246 g/mol. The number of thiophene rings is 1. The average molecular weight is 246 g/mol. The van der Waals surface area contributed by atoms with Crippen LogP contribution < -0.4 is 4.74 Å². The molecular weight excluding hydrogens is 236 g/mol. The first-order valence-electron chi connectivity index (χ1n) is 5.21. The van der Waals surface area contributed by atoms with E-state index in [9.17, 15) is 4.79 Å². The number of benzene rings is 1. The van der Waals surface area contributed by atoms with E-state index in [-0.39, 0.29) is 0 Å². The van der Waals surface area contributed by atoms with Gasteiger partial charge in [0.05, 0.1) is 12.7 Å². The van der Waals surface area contributed by atoms with Crippen molar-refractivity contribution < 1.29 is 14.6 Å². The Morgan fingerprint density at radius 1 is 1.47 bits per heavy atom. The number of methoxy groups -OCH3 is 1. The number of carbonyl (C=O) groups is 1. The largest absolute Gasteiger partial charge is 0.497 e. The molecule has 0 atom stereocenters. The van der Waals surface area contributed by atoms with Crippen molar-refractivity contribution in [1.82, 2.24) is 0 Å². The van der Waals surface area contributed by atoms with Crippen molar-refractivity contribution in [3.8, 4) is 16.9 Å². The van der Waals surface area contributed by atoms with Crippen LogP contribution >= 0.6 is 11.3 Å². The van der Waals surface area contributed by atoms with E-state index in [1.807, 2.05) is 18.2 Å². The second kappa shape index (κ2) is 3.60. The molecule has 0 fully saturated rings. The van der Waals surface area contributed by atoms with Gasteiger partial charge in [-0.3, -0.25) is 0 Å². The second-order valence-electron chi connectivity index (χ2n) is 3.95. The summed E-state index contributed by atoms with van der Waals surface area (Å²) in [7, 11) is 1.61. The molecule has 0 spiro atoms. The zero-order chi connectivity index (χ0) is 12.0. The smallest absolute Gasteiger partial charge is 0.337 e. The summed E-state index contributed by atoms with van der Waals surface area (Å²) in [6.45, 7) is 0. The highest BCUT2D eigenvalue weighted by Gasteiger charge is 2.26. The molecule has 3 rings (SSSR count). The van der Waals surface area contributed by atoms with Crippen molar-refractivity contribution >= 4 is 17.3 Å². The van der Waals surface area contributed by atoms with Gasteiger partial charge in [0.1, 0.15) is 5.75 Å². The van der Waals surface area contributed by atoms with Crippen LogP contribution in [0.1, 0.15) is 20.8 Å². The van der Waals surface area contributed by atoms with Crippen LogP contribution in [-0.4, -0.2) is 18.2 Å². The molecule has 3 nitrogen and oxygen atoms in total. The molecule has 0 amide bonds. The third-order valence-corrected chi connectivity index (χ3v) is 4.02. The van der Waals surface area contributed by atoms with Crippen molar-refractivity contribution in [2.45, 2.75) is 6.42 Å². The van der Waals surface area contributed by atoms with Crippen LogP contribution in [0.15, 0.2) is 23.6 Å². The Kier molecular flexibility index (Phi) is 2.19. The summed E-state index contributed by atoms with van der Waals surface area (Å²) in [5.41, 5.74) is 3.45. The molecule has 1 aromatic carbocycles. The summed E-state index contributed by atoms with van der Waals surface area (Å²) in [5, 5.41) is 10.9. The summed E-state index contributed by atoms with van der Waals surface area (Å²) < 4.78 is 5.19. The summed E-state index contributed by atoms with van der Waals surface area (Å²) in [5.74, 6) is -0.0997. The van der Waals surface area contributed by atoms with Crippen LogP contribution in [0.4, 0.5) is 0 Å². The number of aromatic carboxylic acids is 1. The van der Waals surface area contributed by atoms with Crippen molar-refractivity contribution in [2.75, 3.05) is 7.11 Å². The van der Waals surface area contributed by atoms with Crippen LogP contribution in [0.3, 0.4) is 0 Å². The van der Waals surface area contributed by atoms with Crippen LogP contribution in [0.2, 0.25) is 0 Å². The Balaban J connectivity index is 2.23. The number of ether oxygens (including phenoxy) is 1. The van der Waals surface area contributed by atoms with Crippen LogP contribution in [0.25, 0.3) is 11.1 Å². The fraction of sp³-hybridized carbons (Fsp3) is 0.154. The Labute approximate surface area is 102 Å². The molecule has 0 aliphatic heterocycles. The minimum atomic E-state index is -0.863. The Hall–Kier alpha value is -1.81. The van der Waals surface area contributed by atoms with Crippen molar-refractivity contribution in [3.63, 3.8) is 0 Å². The number of carboxylic acids is 1. The van der Waals surface area contributed by atoms with Crippen molar-refractivity contribution in [3.05, 3.63) is 39.6 Å². The number of fused-ring (bicyclic) bond motifs is 3. The molecule has 4 heteroatoms. The molecule has 1 aliphatic rings. The van der Waals surface area contributed by atoms with E-state index in [1.54, 1.807) is 12.5 Å². The fourth-order valence-corrected chi connectivity index (χ4v) is 3.28. The molecule has 0 bridgehead atoms. The van der Waals surface area contributed by atoms with Gasteiger partial charge in [0, 0.05) is 22.2 Å². The predicted molar refractivity (Wildman–Crippen MR) is 66.1 cm³/mol. The van der Waals surface area contributed by atoms with E-state index in [4.69, 9.17) is 9.84 Å². The van der Waals surface area contributed by atoms with Crippen LogP contribution in [0.5, 0.6) is 5.75 Å². The minimum Gasteiger partial charge on any atom is -0.497 e. The van der Waals surface area contributed by atoms with Gasteiger partial charge in [0.2, 0.25) is 0 Å². The van der Waals surface area contributed by atoms with Gasteiger partial charge >= 0.3 is 5.97 Å². The predicted octanol–water partition coefficient (Wildman–Crippen LogP) is 3.03. The summed E-state index contributed by atoms with van der Waals surface area (Å²) in [4.78, 5) is 12.3. The van der Waals surface area contributed by atoms with Crippen LogP contribution in [-0.2, 0) is 6.42 Å². The van der Waals surface area contributed by atoms with Gasteiger partial charge in [0.25, 0.3) is 0 Å². The third-order valence-electron chi connectivity index (χ3n) is 3.04. The maximum atomic E-state index is 11.2. The lowest BCUT2D eigenvalue weighted by molar-refractivity contribution is 0.0698. The number of carboxylic acid groups (broad SMARTS) is 1. The third kappa shape index (κ3) is 1.45. The fourth-order valence-electron chi connectivity index (χ4n) is 2.22. The molecule has 0 saturated carbocycles. The lowest BCUT2D eigenvalue weighted by Gasteiger charge is -2.04. The van der Waals surface area contributed by atoms with Crippen molar-refractivity contribution in [1.29, 1.82) is 0 Å². The molecule has 2 aromatic rings.